The molecule has 2 atom stereocenters. The van der Waals surface area contributed by atoms with Crippen molar-refractivity contribution in [1.82, 2.24) is 10.2 Å². The SMILES string of the molecule is COCC(C)(C)NC(=O)N1CC(O)CC1C(=O)O. The second-order valence-corrected chi connectivity index (χ2v) is 5.14. The molecule has 1 aliphatic rings. The Morgan fingerprint density at radius 2 is 2.11 bits per heavy atom. The lowest BCUT2D eigenvalue weighted by atomic mass is 10.1. The number of carboxylic acid groups (broad SMARTS) is 1. The number of aliphatic carboxylic acids is 1. The first-order valence-electron chi connectivity index (χ1n) is 5.75. The number of amides is 2. The molecule has 7 nitrogen and oxygen atoms in total. The van der Waals surface area contributed by atoms with Crippen LogP contribution in [0.3, 0.4) is 0 Å². The van der Waals surface area contributed by atoms with Crippen LogP contribution in [0, 0.1) is 0 Å². The summed E-state index contributed by atoms with van der Waals surface area (Å²) in [5.74, 6) is -1.11. The average molecular weight is 260 g/mol. The van der Waals surface area contributed by atoms with Gasteiger partial charge in [-0.25, -0.2) is 9.59 Å². The Hall–Kier alpha value is -1.34. The Morgan fingerprint density at radius 3 is 2.61 bits per heavy atom. The third kappa shape index (κ3) is 3.58. The fourth-order valence-electron chi connectivity index (χ4n) is 2.03. The summed E-state index contributed by atoms with van der Waals surface area (Å²) >= 11 is 0. The molecule has 2 unspecified atom stereocenters. The Kier molecular flexibility index (Phi) is 4.53. The van der Waals surface area contributed by atoms with Crippen LogP contribution in [0.1, 0.15) is 20.3 Å². The summed E-state index contributed by atoms with van der Waals surface area (Å²) in [6.45, 7) is 3.89. The van der Waals surface area contributed by atoms with Gasteiger partial charge in [0.15, 0.2) is 0 Å². The van der Waals surface area contributed by atoms with Crippen LogP contribution in [0.4, 0.5) is 4.79 Å². The van der Waals surface area contributed by atoms with E-state index in [2.05, 4.69) is 5.32 Å². The van der Waals surface area contributed by atoms with Crippen LogP contribution >= 0.6 is 0 Å². The summed E-state index contributed by atoms with van der Waals surface area (Å²) in [5.41, 5.74) is -0.595. The van der Waals surface area contributed by atoms with Crippen LogP contribution in [0.25, 0.3) is 0 Å². The molecule has 0 aromatic rings. The Labute approximate surface area is 106 Å². The van der Waals surface area contributed by atoms with Gasteiger partial charge < -0.3 is 25.2 Å². The van der Waals surface area contributed by atoms with Crippen molar-refractivity contribution in [3.05, 3.63) is 0 Å². The zero-order chi connectivity index (χ0) is 13.9. The standard InChI is InChI=1S/C11H20N2O5/c1-11(2,6-18-3)12-10(17)13-5-7(14)4-8(13)9(15)16/h7-8,14H,4-6H2,1-3H3,(H,12,17)(H,15,16). The first-order valence-corrected chi connectivity index (χ1v) is 5.75. The molecule has 0 aromatic carbocycles. The van der Waals surface area contributed by atoms with Gasteiger partial charge in [0, 0.05) is 20.1 Å². The summed E-state index contributed by atoms with van der Waals surface area (Å²) in [6, 6.07) is -1.47. The second-order valence-electron chi connectivity index (χ2n) is 5.14. The number of aliphatic hydroxyl groups excluding tert-OH is 1. The lowest BCUT2D eigenvalue weighted by molar-refractivity contribution is -0.141. The first kappa shape index (κ1) is 14.7. The van der Waals surface area contributed by atoms with Crippen molar-refractivity contribution in [3.63, 3.8) is 0 Å². The third-order valence-electron chi connectivity index (χ3n) is 2.78. The number of carboxylic acids is 1. The van der Waals surface area contributed by atoms with E-state index in [4.69, 9.17) is 9.84 Å². The summed E-state index contributed by atoms with van der Waals surface area (Å²) in [5, 5.41) is 21.1. The number of ether oxygens (including phenoxy) is 1. The smallest absolute Gasteiger partial charge is 0.326 e. The average Bonchev–Trinajstić information content (AvgIpc) is 2.59. The minimum Gasteiger partial charge on any atom is -0.480 e. The van der Waals surface area contributed by atoms with E-state index in [9.17, 15) is 14.7 Å². The molecular formula is C11H20N2O5. The highest BCUT2D eigenvalue weighted by Crippen LogP contribution is 2.19. The van der Waals surface area contributed by atoms with Crippen molar-refractivity contribution in [2.75, 3.05) is 20.3 Å². The minimum absolute atomic E-state index is 0.0336. The summed E-state index contributed by atoms with van der Waals surface area (Å²) < 4.78 is 4.97. The number of hydrogen-bond donors (Lipinski definition) is 3. The van der Waals surface area contributed by atoms with Gasteiger partial charge in [0.05, 0.1) is 18.2 Å². The molecule has 0 aromatic heterocycles. The van der Waals surface area contributed by atoms with Gasteiger partial charge in [-0.3, -0.25) is 0 Å². The molecule has 1 fully saturated rings. The van der Waals surface area contributed by atoms with Crippen LogP contribution in [-0.2, 0) is 9.53 Å². The zero-order valence-electron chi connectivity index (χ0n) is 10.8. The number of likely N-dealkylation sites (tertiary alicyclic amines) is 1. The number of methoxy groups -OCH3 is 1. The summed E-state index contributed by atoms with van der Waals surface area (Å²) in [4.78, 5) is 24.1. The van der Waals surface area contributed by atoms with Crippen molar-refractivity contribution in [1.29, 1.82) is 0 Å². The van der Waals surface area contributed by atoms with Crippen molar-refractivity contribution in [2.45, 2.75) is 38.0 Å². The summed E-state index contributed by atoms with van der Waals surface area (Å²) in [7, 11) is 1.52. The maximum atomic E-state index is 12.0. The van der Waals surface area contributed by atoms with E-state index in [0.717, 1.165) is 4.90 Å². The van der Waals surface area contributed by atoms with Crippen molar-refractivity contribution < 1.29 is 24.5 Å². The quantitative estimate of drug-likeness (QED) is 0.641. The first-order chi connectivity index (χ1) is 8.26. The zero-order valence-corrected chi connectivity index (χ0v) is 10.8. The fourth-order valence-corrected chi connectivity index (χ4v) is 2.03. The van der Waals surface area contributed by atoms with Gasteiger partial charge in [0.2, 0.25) is 0 Å². The van der Waals surface area contributed by atoms with Gasteiger partial charge in [0.1, 0.15) is 6.04 Å². The van der Waals surface area contributed by atoms with Crippen molar-refractivity contribution >= 4 is 12.0 Å². The molecule has 18 heavy (non-hydrogen) atoms. The van der Waals surface area contributed by atoms with Gasteiger partial charge in [-0.2, -0.15) is 0 Å². The molecule has 0 bridgehead atoms. The fraction of sp³-hybridized carbons (Fsp3) is 0.818. The molecule has 1 heterocycles. The monoisotopic (exact) mass is 260 g/mol. The van der Waals surface area contributed by atoms with Gasteiger partial charge in [-0.1, -0.05) is 0 Å². The van der Waals surface area contributed by atoms with E-state index >= 15 is 0 Å². The molecule has 7 heteroatoms. The van der Waals surface area contributed by atoms with Gasteiger partial charge in [0.25, 0.3) is 0 Å². The maximum Gasteiger partial charge on any atom is 0.326 e. The Balaban J connectivity index is 2.68. The molecule has 1 rings (SSSR count). The molecule has 0 spiro atoms. The molecule has 1 saturated heterocycles. The van der Waals surface area contributed by atoms with Crippen molar-refractivity contribution in [2.24, 2.45) is 0 Å². The minimum atomic E-state index is -1.11. The Bertz CT molecular complexity index is 331. The number of rotatable bonds is 4. The second kappa shape index (κ2) is 5.53. The van der Waals surface area contributed by atoms with E-state index < -0.39 is 29.7 Å². The lowest BCUT2D eigenvalue weighted by Crippen LogP contribution is -2.54. The van der Waals surface area contributed by atoms with Crippen LogP contribution < -0.4 is 5.32 Å². The molecular weight excluding hydrogens is 240 g/mol. The lowest BCUT2D eigenvalue weighted by Gasteiger charge is -2.30. The van der Waals surface area contributed by atoms with Gasteiger partial charge in [-0.05, 0) is 13.8 Å². The number of β-amino-alcohol motifs (C(OH)–C–C–N with tert-alkyl or cyclic N) is 1. The van der Waals surface area contributed by atoms with Crippen LogP contribution in [-0.4, -0.2) is 65.1 Å². The van der Waals surface area contributed by atoms with Gasteiger partial charge in [-0.15, -0.1) is 0 Å². The molecule has 3 N–H and O–H groups in total. The molecule has 0 aliphatic carbocycles. The number of carbonyl (C=O) groups excluding carboxylic acids is 1. The number of urea groups is 1. The van der Waals surface area contributed by atoms with E-state index in [1.165, 1.54) is 7.11 Å². The van der Waals surface area contributed by atoms with E-state index in [-0.39, 0.29) is 13.0 Å². The summed E-state index contributed by atoms with van der Waals surface area (Å²) in [6.07, 6.45) is -0.727. The van der Waals surface area contributed by atoms with Crippen LogP contribution in [0.5, 0.6) is 0 Å². The molecule has 104 valence electrons. The van der Waals surface area contributed by atoms with E-state index in [1.54, 1.807) is 13.8 Å². The van der Waals surface area contributed by atoms with Crippen molar-refractivity contribution in [3.8, 4) is 0 Å². The molecule has 0 radical (unpaired) electrons. The number of aliphatic hydroxyl groups is 1. The highest BCUT2D eigenvalue weighted by atomic mass is 16.5. The Morgan fingerprint density at radius 1 is 1.50 bits per heavy atom. The predicted octanol–water partition coefficient (Wildman–Crippen LogP) is -0.359. The molecule has 1 aliphatic heterocycles. The number of carbonyl (C=O) groups is 2. The number of nitrogens with one attached hydrogen (secondary N) is 1. The highest BCUT2D eigenvalue weighted by molar-refractivity contribution is 5.83. The molecule has 0 saturated carbocycles. The van der Waals surface area contributed by atoms with E-state index in [0.29, 0.717) is 6.61 Å². The third-order valence-corrected chi connectivity index (χ3v) is 2.78. The number of nitrogens with zero attached hydrogens (tertiary/aromatic N) is 1. The number of hydrogen-bond acceptors (Lipinski definition) is 4. The predicted molar refractivity (Wildman–Crippen MR) is 63.2 cm³/mol. The van der Waals surface area contributed by atoms with E-state index in [1.807, 2.05) is 0 Å². The normalized spacial score (nSPS) is 24.1. The van der Waals surface area contributed by atoms with Crippen LogP contribution in [0.2, 0.25) is 0 Å². The highest BCUT2D eigenvalue weighted by Gasteiger charge is 2.40. The maximum absolute atomic E-state index is 12.0. The molecule has 2 amide bonds. The van der Waals surface area contributed by atoms with Crippen LogP contribution in [0.15, 0.2) is 0 Å². The largest absolute Gasteiger partial charge is 0.480 e. The van der Waals surface area contributed by atoms with Gasteiger partial charge >= 0.3 is 12.0 Å². The topological polar surface area (TPSA) is 99.1 Å².